The van der Waals surface area contributed by atoms with Crippen molar-refractivity contribution in [3.05, 3.63) is 23.8 Å². The SMILES string of the molecule is COC(=O)[C@@]1(C)CC[C@]2(C)CC[C@]3(C)C(=CC(=O)C4[C@]5(C)C(CC[C@]43C)C(C)(C)C=C[C@@H]5OC(C)=O)C2C1. The van der Waals surface area contributed by atoms with Gasteiger partial charge in [0.25, 0.3) is 0 Å². The number of methoxy groups -OCH3 is 1. The first kappa shape index (κ1) is 27.6. The van der Waals surface area contributed by atoms with Crippen LogP contribution in [0.3, 0.4) is 0 Å². The molecule has 38 heavy (non-hydrogen) atoms. The van der Waals surface area contributed by atoms with Crippen molar-refractivity contribution in [3.63, 3.8) is 0 Å². The van der Waals surface area contributed by atoms with Gasteiger partial charge in [0.2, 0.25) is 0 Å². The maximum Gasteiger partial charge on any atom is 0.311 e. The van der Waals surface area contributed by atoms with Gasteiger partial charge < -0.3 is 9.47 Å². The van der Waals surface area contributed by atoms with Gasteiger partial charge in [-0.2, -0.15) is 0 Å². The molecule has 5 aliphatic carbocycles. The quantitative estimate of drug-likeness (QED) is 0.292. The minimum absolute atomic E-state index is 0.0826. The topological polar surface area (TPSA) is 69.7 Å². The maximum atomic E-state index is 14.5. The first-order chi connectivity index (χ1) is 17.5. The summed E-state index contributed by atoms with van der Waals surface area (Å²) in [6, 6.07) is 0. The molecule has 0 radical (unpaired) electrons. The van der Waals surface area contributed by atoms with Crippen LogP contribution in [0.25, 0.3) is 0 Å². The Hall–Kier alpha value is -1.91. The van der Waals surface area contributed by atoms with Crippen molar-refractivity contribution >= 4 is 17.7 Å². The van der Waals surface area contributed by atoms with E-state index in [0.717, 1.165) is 44.9 Å². The van der Waals surface area contributed by atoms with Crippen molar-refractivity contribution in [2.24, 2.45) is 50.2 Å². The molecule has 9 atom stereocenters. The van der Waals surface area contributed by atoms with Crippen LogP contribution >= 0.6 is 0 Å². The van der Waals surface area contributed by atoms with Crippen LogP contribution in [0.5, 0.6) is 0 Å². The van der Waals surface area contributed by atoms with Crippen molar-refractivity contribution in [3.8, 4) is 0 Å². The Morgan fingerprint density at radius 3 is 2.24 bits per heavy atom. The number of rotatable bonds is 2. The third kappa shape index (κ3) is 3.45. The average Bonchev–Trinajstić information content (AvgIpc) is 2.82. The van der Waals surface area contributed by atoms with Crippen LogP contribution in [0.1, 0.15) is 100 Å². The molecule has 0 spiro atoms. The molecule has 210 valence electrons. The Labute approximate surface area is 229 Å². The Morgan fingerprint density at radius 1 is 0.947 bits per heavy atom. The number of esters is 2. The van der Waals surface area contributed by atoms with Crippen LogP contribution in [-0.4, -0.2) is 30.9 Å². The van der Waals surface area contributed by atoms with Gasteiger partial charge in [-0.15, -0.1) is 0 Å². The van der Waals surface area contributed by atoms with E-state index in [4.69, 9.17) is 9.47 Å². The highest BCUT2D eigenvalue weighted by molar-refractivity contribution is 5.96. The number of ether oxygens (including phenoxy) is 2. The fourth-order valence-corrected chi connectivity index (χ4v) is 10.5. The minimum Gasteiger partial charge on any atom is -0.469 e. The largest absolute Gasteiger partial charge is 0.469 e. The molecule has 0 aromatic rings. The van der Waals surface area contributed by atoms with Crippen molar-refractivity contribution in [1.82, 2.24) is 0 Å². The Bertz CT molecular complexity index is 1130. The van der Waals surface area contributed by atoms with E-state index in [2.05, 4.69) is 53.7 Å². The molecule has 5 heteroatoms. The fraction of sp³-hybridized carbons (Fsp3) is 0.788. The zero-order valence-electron chi connectivity index (χ0n) is 25.0. The number of carbonyl (C=O) groups is 3. The number of hydrogen-bond donors (Lipinski definition) is 0. The summed E-state index contributed by atoms with van der Waals surface area (Å²) < 4.78 is 11.2. The van der Waals surface area contributed by atoms with E-state index in [9.17, 15) is 14.4 Å². The molecule has 0 bridgehead atoms. The summed E-state index contributed by atoms with van der Waals surface area (Å²) in [5, 5.41) is 0. The molecule has 0 amide bonds. The van der Waals surface area contributed by atoms with Gasteiger partial charge in [0, 0.05) is 18.3 Å². The molecule has 0 N–H and O–H groups in total. The molecule has 3 unspecified atom stereocenters. The summed E-state index contributed by atoms with van der Waals surface area (Å²) in [5.41, 5.74) is -0.187. The lowest BCUT2D eigenvalue weighted by atomic mass is 9.33. The van der Waals surface area contributed by atoms with E-state index >= 15 is 0 Å². The van der Waals surface area contributed by atoms with E-state index in [1.165, 1.54) is 19.6 Å². The molecule has 0 heterocycles. The van der Waals surface area contributed by atoms with Crippen molar-refractivity contribution in [2.45, 2.75) is 106 Å². The molecule has 0 aromatic heterocycles. The van der Waals surface area contributed by atoms with Crippen LogP contribution < -0.4 is 0 Å². The number of carbonyl (C=O) groups excluding carboxylic acids is 3. The second kappa shape index (κ2) is 8.30. The normalized spacial score (nSPS) is 49.0. The molecule has 3 saturated carbocycles. The predicted molar refractivity (Wildman–Crippen MR) is 147 cm³/mol. The standard InChI is InChI=1S/C33H48O5/c1-20(34)38-25-11-12-28(2,3)24-10-13-32(7)26(33(24,25)8)23(35)18-21-22-19-30(5,27(36)37-9)15-14-29(22,4)16-17-31(21,32)6/h11-12,18,22,24-26H,10,13-17,19H2,1-9H3/t22?,24?,25-,26?,29+,30-,31+,32+,33+/m0/s1. The van der Waals surface area contributed by atoms with Gasteiger partial charge in [0.1, 0.15) is 6.10 Å². The molecule has 0 saturated heterocycles. The fourth-order valence-electron chi connectivity index (χ4n) is 10.5. The Balaban J connectivity index is 1.65. The minimum atomic E-state index is -0.527. The van der Waals surface area contributed by atoms with Crippen LogP contribution in [0.4, 0.5) is 0 Å². The van der Waals surface area contributed by atoms with Gasteiger partial charge >= 0.3 is 11.9 Å². The monoisotopic (exact) mass is 524 g/mol. The smallest absolute Gasteiger partial charge is 0.311 e. The molecule has 5 rings (SSSR count). The molecular formula is C33H48O5. The average molecular weight is 525 g/mol. The van der Waals surface area contributed by atoms with E-state index in [0.29, 0.717) is 0 Å². The second-order valence-corrected chi connectivity index (χ2v) is 15.3. The summed E-state index contributed by atoms with van der Waals surface area (Å²) in [6.07, 6.45) is 12.5. The zero-order valence-corrected chi connectivity index (χ0v) is 25.0. The van der Waals surface area contributed by atoms with E-state index in [1.54, 1.807) is 0 Å². The lowest BCUT2D eigenvalue weighted by Crippen LogP contribution is -2.67. The first-order valence-electron chi connectivity index (χ1n) is 14.7. The van der Waals surface area contributed by atoms with E-state index in [-0.39, 0.29) is 57.1 Å². The van der Waals surface area contributed by atoms with Gasteiger partial charge in [-0.05, 0) is 97.5 Å². The van der Waals surface area contributed by atoms with E-state index in [1.807, 2.05) is 13.0 Å². The number of fused-ring (bicyclic) bond motifs is 7. The molecule has 0 aromatic carbocycles. The zero-order chi connectivity index (χ0) is 28.1. The summed E-state index contributed by atoms with van der Waals surface area (Å²) in [4.78, 5) is 39.7. The van der Waals surface area contributed by atoms with Crippen LogP contribution in [-0.2, 0) is 23.9 Å². The highest BCUT2D eigenvalue weighted by Crippen LogP contribution is 2.74. The molecule has 5 nitrogen and oxygen atoms in total. The molecular weight excluding hydrogens is 476 g/mol. The van der Waals surface area contributed by atoms with Crippen molar-refractivity contribution < 1.29 is 23.9 Å². The van der Waals surface area contributed by atoms with Gasteiger partial charge in [0.05, 0.1) is 12.5 Å². The number of hydrogen-bond acceptors (Lipinski definition) is 5. The van der Waals surface area contributed by atoms with Crippen molar-refractivity contribution in [1.29, 1.82) is 0 Å². The van der Waals surface area contributed by atoms with Crippen LogP contribution in [0.2, 0.25) is 0 Å². The summed E-state index contributed by atoms with van der Waals surface area (Å²) >= 11 is 0. The van der Waals surface area contributed by atoms with Gasteiger partial charge in [-0.3, -0.25) is 14.4 Å². The highest BCUT2D eigenvalue weighted by atomic mass is 16.5. The summed E-state index contributed by atoms with van der Waals surface area (Å²) in [7, 11) is 1.49. The van der Waals surface area contributed by atoms with Crippen LogP contribution in [0, 0.1) is 50.2 Å². The summed E-state index contributed by atoms with van der Waals surface area (Å²) in [6.45, 7) is 17.4. The third-order valence-corrected chi connectivity index (χ3v) is 12.9. The predicted octanol–water partition coefficient (Wildman–Crippen LogP) is 6.85. The summed E-state index contributed by atoms with van der Waals surface area (Å²) in [5.74, 6) is -0.0717. The Morgan fingerprint density at radius 2 is 1.61 bits per heavy atom. The van der Waals surface area contributed by atoms with Crippen LogP contribution in [0.15, 0.2) is 23.8 Å². The lowest BCUT2D eigenvalue weighted by Gasteiger charge is -2.70. The number of ketones is 1. The molecule has 3 fully saturated rings. The van der Waals surface area contributed by atoms with Gasteiger partial charge in [-0.25, -0.2) is 0 Å². The third-order valence-electron chi connectivity index (χ3n) is 12.9. The second-order valence-electron chi connectivity index (χ2n) is 15.3. The lowest BCUT2D eigenvalue weighted by molar-refractivity contribution is -0.202. The van der Waals surface area contributed by atoms with E-state index < -0.39 is 16.9 Å². The number of allylic oxidation sites excluding steroid dienone is 3. The maximum absolute atomic E-state index is 14.5. The highest BCUT2D eigenvalue weighted by Gasteiger charge is 2.71. The Kier molecular flexibility index (Phi) is 6.04. The first-order valence-corrected chi connectivity index (χ1v) is 14.7. The molecule has 0 aliphatic heterocycles. The molecule has 5 aliphatic rings. The van der Waals surface area contributed by atoms with Crippen molar-refractivity contribution in [2.75, 3.05) is 7.11 Å². The van der Waals surface area contributed by atoms with Gasteiger partial charge in [-0.1, -0.05) is 53.2 Å². The van der Waals surface area contributed by atoms with Gasteiger partial charge in [0.15, 0.2) is 5.78 Å².